The third-order valence-electron chi connectivity index (χ3n) is 5.07. The lowest BCUT2D eigenvalue weighted by molar-refractivity contribution is 0.0955. The Morgan fingerprint density at radius 1 is 1.10 bits per heavy atom. The van der Waals surface area contributed by atoms with Gasteiger partial charge in [0.2, 0.25) is 0 Å². The molecule has 1 amide bonds. The van der Waals surface area contributed by atoms with Gasteiger partial charge in [0.15, 0.2) is 5.65 Å². The number of pyridine rings is 1. The summed E-state index contributed by atoms with van der Waals surface area (Å²) in [7, 11) is 0. The Bertz CT molecular complexity index is 1190. The van der Waals surface area contributed by atoms with Crippen molar-refractivity contribution in [1.82, 2.24) is 20.1 Å². The number of amides is 1. The molecule has 3 aromatic heterocycles. The Kier molecular flexibility index (Phi) is 5.20. The number of benzene rings is 1. The third kappa shape index (κ3) is 3.80. The lowest BCUT2D eigenvalue weighted by atomic mass is 10.1. The fourth-order valence-electron chi connectivity index (χ4n) is 3.50. The first kappa shape index (κ1) is 19.3. The fourth-order valence-corrected chi connectivity index (χ4v) is 4.41. The van der Waals surface area contributed by atoms with E-state index in [4.69, 9.17) is 4.98 Å². The summed E-state index contributed by atoms with van der Waals surface area (Å²) in [5.41, 5.74) is 6.34. The van der Waals surface area contributed by atoms with Crippen LogP contribution in [0.2, 0.25) is 0 Å². The molecule has 6 heteroatoms. The predicted octanol–water partition coefficient (Wildman–Crippen LogP) is 4.69. The van der Waals surface area contributed by atoms with Crippen LogP contribution in [0.15, 0.2) is 41.8 Å². The van der Waals surface area contributed by atoms with Gasteiger partial charge in [0.1, 0.15) is 0 Å². The van der Waals surface area contributed by atoms with Crippen LogP contribution in [0.5, 0.6) is 0 Å². The summed E-state index contributed by atoms with van der Waals surface area (Å²) in [5.74, 6) is -0.0822. The van der Waals surface area contributed by atoms with Gasteiger partial charge in [0.05, 0.1) is 22.3 Å². The molecule has 0 aliphatic carbocycles. The molecule has 0 atom stereocenters. The Morgan fingerprint density at radius 2 is 1.86 bits per heavy atom. The van der Waals surface area contributed by atoms with Crippen LogP contribution in [-0.4, -0.2) is 27.2 Å². The molecular formula is C23H24N4OS. The highest BCUT2D eigenvalue weighted by atomic mass is 32.1. The second kappa shape index (κ2) is 7.79. The number of carbonyl (C=O) groups is 1. The van der Waals surface area contributed by atoms with E-state index in [9.17, 15) is 4.79 Å². The van der Waals surface area contributed by atoms with Crippen molar-refractivity contribution in [2.24, 2.45) is 0 Å². The molecule has 0 spiro atoms. The number of carbonyl (C=O) groups excluding carboxylic acids is 1. The summed E-state index contributed by atoms with van der Waals surface area (Å²) in [5, 5.41) is 10.6. The van der Waals surface area contributed by atoms with Crippen molar-refractivity contribution in [3.05, 3.63) is 74.7 Å². The van der Waals surface area contributed by atoms with E-state index in [1.807, 2.05) is 48.9 Å². The number of aryl methyl sites for hydroxylation is 4. The van der Waals surface area contributed by atoms with E-state index in [0.29, 0.717) is 17.8 Å². The number of rotatable bonds is 5. The number of aromatic nitrogens is 3. The first-order chi connectivity index (χ1) is 13.9. The van der Waals surface area contributed by atoms with Crippen molar-refractivity contribution in [2.45, 2.75) is 34.1 Å². The Balaban J connectivity index is 1.66. The minimum Gasteiger partial charge on any atom is -0.352 e. The van der Waals surface area contributed by atoms with Gasteiger partial charge in [-0.15, -0.1) is 11.3 Å². The van der Waals surface area contributed by atoms with E-state index < -0.39 is 0 Å². The van der Waals surface area contributed by atoms with Crippen LogP contribution >= 0.6 is 11.3 Å². The fraction of sp³-hybridized carbons (Fsp3) is 0.261. The van der Waals surface area contributed by atoms with Crippen molar-refractivity contribution in [3.8, 4) is 5.69 Å². The molecule has 4 aromatic rings. The summed E-state index contributed by atoms with van der Waals surface area (Å²) in [6.07, 6.45) is 0.837. The third-order valence-corrected chi connectivity index (χ3v) is 6.15. The largest absolute Gasteiger partial charge is 0.352 e. The summed E-state index contributed by atoms with van der Waals surface area (Å²) in [4.78, 5) is 19.0. The van der Waals surface area contributed by atoms with Gasteiger partial charge in [-0.05, 0) is 69.3 Å². The number of nitrogens with one attached hydrogen (secondary N) is 1. The Labute approximate surface area is 174 Å². The summed E-state index contributed by atoms with van der Waals surface area (Å²) < 4.78 is 1.82. The van der Waals surface area contributed by atoms with Gasteiger partial charge in [-0.1, -0.05) is 17.7 Å². The molecule has 0 aliphatic heterocycles. The van der Waals surface area contributed by atoms with Crippen LogP contribution in [0, 0.1) is 27.7 Å². The zero-order chi connectivity index (χ0) is 20.5. The number of hydrogen-bond acceptors (Lipinski definition) is 4. The number of thiophene rings is 1. The molecule has 0 saturated carbocycles. The Hall–Kier alpha value is -2.99. The standard InChI is InChI=1S/C23H24N4OS/c1-14-5-7-18(8-6-14)27-22-21(17(4)26-27)19(13-16(3)25-22)23(28)24-11-9-20-15(2)10-12-29-20/h5-8,10,12-13H,9,11H2,1-4H3,(H,24,28). The summed E-state index contributed by atoms with van der Waals surface area (Å²) in [6, 6.07) is 12.1. The second-order valence-electron chi connectivity index (χ2n) is 7.38. The molecule has 148 valence electrons. The average Bonchev–Trinajstić information content (AvgIpc) is 3.25. The first-order valence-corrected chi connectivity index (χ1v) is 10.6. The van der Waals surface area contributed by atoms with Gasteiger partial charge in [0, 0.05) is 17.1 Å². The zero-order valence-corrected chi connectivity index (χ0v) is 17.9. The van der Waals surface area contributed by atoms with Crippen LogP contribution in [0.1, 0.15) is 37.7 Å². The molecule has 0 aliphatic rings. The highest BCUT2D eigenvalue weighted by Gasteiger charge is 2.19. The summed E-state index contributed by atoms with van der Waals surface area (Å²) in [6.45, 7) is 8.60. The summed E-state index contributed by atoms with van der Waals surface area (Å²) >= 11 is 1.73. The number of hydrogen-bond donors (Lipinski definition) is 1. The first-order valence-electron chi connectivity index (χ1n) is 9.69. The topological polar surface area (TPSA) is 59.8 Å². The van der Waals surface area contributed by atoms with E-state index in [1.54, 1.807) is 11.3 Å². The second-order valence-corrected chi connectivity index (χ2v) is 8.38. The highest BCUT2D eigenvalue weighted by molar-refractivity contribution is 7.10. The maximum Gasteiger partial charge on any atom is 0.252 e. The molecule has 0 unspecified atom stereocenters. The van der Waals surface area contributed by atoms with Crippen LogP contribution < -0.4 is 5.32 Å². The normalized spacial score (nSPS) is 11.2. The number of nitrogens with zero attached hydrogens (tertiary/aromatic N) is 3. The van der Waals surface area contributed by atoms with E-state index in [-0.39, 0.29) is 5.91 Å². The minimum atomic E-state index is -0.0822. The Morgan fingerprint density at radius 3 is 2.55 bits per heavy atom. The van der Waals surface area contributed by atoms with Gasteiger partial charge in [-0.25, -0.2) is 9.67 Å². The lowest BCUT2D eigenvalue weighted by Gasteiger charge is -2.09. The maximum absolute atomic E-state index is 13.0. The van der Waals surface area contributed by atoms with E-state index >= 15 is 0 Å². The zero-order valence-electron chi connectivity index (χ0n) is 17.1. The monoisotopic (exact) mass is 404 g/mol. The van der Waals surface area contributed by atoms with Crippen LogP contribution in [0.25, 0.3) is 16.7 Å². The van der Waals surface area contributed by atoms with Gasteiger partial charge < -0.3 is 5.32 Å². The molecule has 0 radical (unpaired) electrons. The molecule has 1 N–H and O–H groups in total. The van der Waals surface area contributed by atoms with Crippen molar-refractivity contribution < 1.29 is 4.79 Å². The lowest BCUT2D eigenvalue weighted by Crippen LogP contribution is -2.26. The van der Waals surface area contributed by atoms with Gasteiger partial charge >= 0.3 is 0 Å². The molecule has 29 heavy (non-hydrogen) atoms. The molecular weight excluding hydrogens is 380 g/mol. The van der Waals surface area contributed by atoms with Crippen LogP contribution in [-0.2, 0) is 6.42 Å². The molecule has 3 heterocycles. The number of fused-ring (bicyclic) bond motifs is 1. The smallest absolute Gasteiger partial charge is 0.252 e. The molecule has 0 saturated heterocycles. The predicted molar refractivity (Wildman–Crippen MR) is 118 cm³/mol. The molecule has 1 aromatic carbocycles. The average molecular weight is 405 g/mol. The van der Waals surface area contributed by atoms with Crippen molar-refractivity contribution in [1.29, 1.82) is 0 Å². The van der Waals surface area contributed by atoms with E-state index in [2.05, 4.69) is 35.7 Å². The molecule has 5 nitrogen and oxygen atoms in total. The molecule has 0 fully saturated rings. The van der Waals surface area contributed by atoms with E-state index in [0.717, 1.165) is 28.9 Å². The van der Waals surface area contributed by atoms with Crippen LogP contribution in [0.3, 0.4) is 0 Å². The quantitative estimate of drug-likeness (QED) is 0.525. The van der Waals surface area contributed by atoms with Gasteiger partial charge in [-0.2, -0.15) is 5.10 Å². The van der Waals surface area contributed by atoms with Crippen molar-refractivity contribution in [2.75, 3.05) is 6.54 Å². The van der Waals surface area contributed by atoms with E-state index in [1.165, 1.54) is 16.0 Å². The maximum atomic E-state index is 13.0. The van der Waals surface area contributed by atoms with Gasteiger partial charge in [0.25, 0.3) is 5.91 Å². The van der Waals surface area contributed by atoms with Gasteiger partial charge in [-0.3, -0.25) is 4.79 Å². The molecule has 4 rings (SSSR count). The van der Waals surface area contributed by atoms with Crippen molar-refractivity contribution in [3.63, 3.8) is 0 Å². The van der Waals surface area contributed by atoms with Crippen molar-refractivity contribution >= 4 is 28.3 Å². The van der Waals surface area contributed by atoms with Crippen LogP contribution in [0.4, 0.5) is 0 Å². The SMILES string of the molecule is Cc1ccc(-n2nc(C)c3c(C(=O)NCCc4sccc4C)cc(C)nc32)cc1. The minimum absolute atomic E-state index is 0.0822. The molecule has 0 bridgehead atoms. The highest BCUT2D eigenvalue weighted by Crippen LogP contribution is 2.25.